The van der Waals surface area contributed by atoms with Gasteiger partial charge in [0.2, 0.25) is 0 Å². The zero-order valence-electron chi connectivity index (χ0n) is 16.3. The number of carbonyl (C=O) groups is 1. The smallest absolute Gasteiger partial charge is 0.269 e. The summed E-state index contributed by atoms with van der Waals surface area (Å²) in [6.07, 6.45) is 0. The van der Waals surface area contributed by atoms with Gasteiger partial charge in [0.25, 0.3) is 11.5 Å². The van der Waals surface area contributed by atoms with Crippen molar-refractivity contribution in [2.24, 2.45) is 0 Å². The number of fused-ring (bicyclic) bond motifs is 3. The number of rotatable bonds is 5. The van der Waals surface area contributed by atoms with Crippen LogP contribution in [0.4, 0.5) is 5.69 Å². The summed E-state index contributed by atoms with van der Waals surface area (Å²) in [5.41, 5.74) is 0.966. The van der Waals surface area contributed by atoms with Gasteiger partial charge >= 0.3 is 0 Å². The van der Waals surface area contributed by atoms with E-state index in [0.29, 0.717) is 43.4 Å². The fourth-order valence-electron chi connectivity index (χ4n) is 3.20. The number of aromatic amines is 1. The minimum absolute atomic E-state index is 0.277. The quantitative estimate of drug-likeness (QED) is 0.455. The molecule has 8 nitrogen and oxygen atoms in total. The third kappa shape index (κ3) is 3.19. The summed E-state index contributed by atoms with van der Waals surface area (Å²) in [7, 11) is 4.52. The van der Waals surface area contributed by atoms with Crippen molar-refractivity contribution in [1.82, 2.24) is 9.38 Å². The minimum atomic E-state index is -0.409. The van der Waals surface area contributed by atoms with Crippen LogP contribution in [0.2, 0.25) is 0 Å². The van der Waals surface area contributed by atoms with Crippen molar-refractivity contribution < 1.29 is 19.0 Å². The molecule has 2 aromatic heterocycles. The molecular formula is C20H17N3O5S2. The van der Waals surface area contributed by atoms with E-state index < -0.39 is 5.91 Å². The van der Waals surface area contributed by atoms with E-state index in [4.69, 9.17) is 26.4 Å². The number of nitrogens with one attached hydrogen (secondary N) is 2. The number of ether oxygens (including phenoxy) is 3. The second kappa shape index (κ2) is 7.81. The first kappa shape index (κ1) is 19.9. The van der Waals surface area contributed by atoms with Crippen LogP contribution >= 0.6 is 23.6 Å². The first-order chi connectivity index (χ1) is 14.5. The van der Waals surface area contributed by atoms with Crippen molar-refractivity contribution in [2.45, 2.75) is 0 Å². The maximum Gasteiger partial charge on any atom is 0.269 e. The molecule has 2 N–H and O–H groups in total. The molecular weight excluding hydrogens is 426 g/mol. The lowest BCUT2D eigenvalue weighted by Crippen LogP contribution is -2.15. The Balaban J connectivity index is 1.92. The monoisotopic (exact) mass is 443 g/mol. The lowest BCUT2D eigenvalue weighted by molar-refractivity contribution is 0.103. The Labute approximate surface area is 179 Å². The summed E-state index contributed by atoms with van der Waals surface area (Å²) in [4.78, 5) is 28.8. The number of benzene rings is 2. The van der Waals surface area contributed by atoms with Gasteiger partial charge in [-0.2, -0.15) is 0 Å². The Morgan fingerprint density at radius 3 is 2.43 bits per heavy atom. The van der Waals surface area contributed by atoms with Gasteiger partial charge in [-0.05, 0) is 30.4 Å². The van der Waals surface area contributed by atoms with Crippen LogP contribution in [0, 0.1) is 3.95 Å². The Kier molecular flexibility index (Phi) is 5.18. The van der Waals surface area contributed by atoms with Crippen LogP contribution in [0.1, 0.15) is 9.67 Å². The van der Waals surface area contributed by atoms with E-state index in [1.54, 1.807) is 40.8 Å². The van der Waals surface area contributed by atoms with Crippen LogP contribution in [-0.4, -0.2) is 36.6 Å². The Bertz CT molecular complexity index is 1400. The second-order valence-corrected chi connectivity index (χ2v) is 7.86. The highest BCUT2D eigenvalue weighted by Crippen LogP contribution is 2.33. The number of para-hydroxylation sites is 2. The Morgan fingerprint density at radius 2 is 1.73 bits per heavy atom. The summed E-state index contributed by atoms with van der Waals surface area (Å²) in [5, 5.41) is 3.18. The highest BCUT2D eigenvalue weighted by Gasteiger charge is 2.20. The molecule has 0 bridgehead atoms. The van der Waals surface area contributed by atoms with Gasteiger partial charge in [0.1, 0.15) is 16.3 Å². The first-order valence-corrected chi connectivity index (χ1v) is 9.99. The molecule has 0 radical (unpaired) electrons. The standard InChI is InChI=1S/C20H17N3O5S2/c1-26-13-7-5-4-6-11(13)21-19(25)16-17-22-18(24)10-8-14(27-2)15(28-3)9-12(10)23(17)20(29)30-16/h4-9H,1-3H3,(H,21,25)(H,22,24). The molecule has 0 aliphatic heterocycles. The predicted molar refractivity (Wildman–Crippen MR) is 118 cm³/mol. The van der Waals surface area contributed by atoms with E-state index in [1.807, 2.05) is 0 Å². The van der Waals surface area contributed by atoms with Crippen LogP contribution < -0.4 is 25.1 Å². The normalized spacial score (nSPS) is 10.9. The van der Waals surface area contributed by atoms with Crippen molar-refractivity contribution in [3.63, 3.8) is 0 Å². The van der Waals surface area contributed by atoms with E-state index in [2.05, 4.69) is 10.3 Å². The number of H-pyrrole nitrogens is 1. The number of amides is 1. The van der Waals surface area contributed by atoms with Crippen LogP contribution in [0.5, 0.6) is 17.2 Å². The highest BCUT2D eigenvalue weighted by atomic mass is 32.1. The fourth-order valence-corrected chi connectivity index (χ4v) is 4.47. The molecule has 0 saturated carbocycles. The topological polar surface area (TPSA) is 94.1 Å². The molecule has 0 unspecified atom stereocenters. The van der Waals surface area contributed by atoms with Gasteiger partial charge in [0, 0.05) is 6.07 Å². The summed E-state index contributed by atoms with van der Waals surface area (Å²) in [5.74, 6) is 0.984. The number of anilines is 1. The first-order valence-electron chi connectivity index (χ1n) is 8.76. The molecule has 2 aromatic carbocycles. The van der Waals surface area contributed by atoms with Crippen molar-refractivity contribution in [3.8, 4) is 17.2 Å². The number of aromatic nitrogens is 2. The van der Waals surface area contributed by atoms with Gasteiger partial charge in [-0.3, -0.25) is 14.0 Å². The fraction of sp³-hybridized carbons (Fsp3) is 0.150. The molecule has 0 spiro atoms. The van der Waals surface area contributed by atoms with Gasteiger partial charge in [-0.1, -0.05) is 23.5 Å². The third-order valence-electron chi connectivity index (χ3n) is 4.59. The number of thiazole rings is 1. The van der Waals surface area contributed by atoms with E-state index in [1.165, 1.54) is 21.3 Å². The summed E-state index contributed by atoms with van der Waals surface area (Å²) < 4.78 is 18.0. The Hall–Kier alpha value is -3.37. The predicted octanol–water partition coefficient (Wildman–Crippen LogP) is 3.85. The van der Waals surface area contributed by atoms with Crippen molar-refractivity contribution in [1.29, 1.82) is 0 Å². The van der Waals surface area contributed by atoms with Crippen LogP contribution in [-0.2, 0) is 0 Å². The molecule has 0 fully saturated rings. The lowest BCUT2D eigenvalue weighted by Gasteiger charge is -2.11. The number of nitrogens with zero attached hydrogens (tertiary/aromatic N) is 1. The molecule has 30 heavy (non-hydrogen) atoms. The summed E-state index contributed by atoms with van der Waals surface area (Å²) in [6, 6.07) is 10.3. The maximum atomic E-state index is 13.0. The molecule has 1 amide bonds. The van der Waals surface area contributed by atoms with Crippen LogP contribution in [0.25, 0.3) is 16.6 Å². The Morgan fingerprint density at radius 1 is 1.07 bits per heavy atom. The molecule has 2 heterocycles. The van der Waals surface area contributed by atoms with E-state index in [0.717, 1.165) is 11.3 Å². The van der Waals surface area contributed by atoms with Crippen molar-refractivity contribution in [3.05, 3.63) is 55.6 Å². The van der Waals surface area contributed by atoms with E-state index in [9.17, 15) is 9.59 Å². The second-order valence-electron chi connectivity index (χ2n) is 6.21. The SMILES string of the molecule is COc1ccccc1NC(=O)c1sc(=S)n2c1[nH]c(=O)c1cc(OC)c(OC)cc12. The largest absolute Gasteiger partial charge is 0.495 e. The minimum Gasteiger partial charge on any atom is -0.495 e. The molecule has 10 heteroatoms. The van der Waals surface area contributed by atoms with Crippen LogP contribution in [0.3, 0.4) is 0 Å². The number of methoxy groups -OCH3 is 3. The zero-order valence-corrected chi connectivity index (χ0v) is 17.9. The van der Waals surface area contributed by atoms with Crippen molar-refractivity contribution >= 4 is 51.7 Å². The van der Waals surface area contributed by atoms with E-state index >= 15 is 0 Å². The van der Waals surface area contributed by atoms with Gasteiger partial charge in [-0.15, -0.1) is 0 Å². The zero-order chi connectivity index (χ0) is 21.4. The molecule has 0 aliphatic carbocycles. The summed E-state index contributed by atoms with van der Waals surface area (Å²) >= 11 is 6.60. The van der Waals surface area contributed by atoms with Crippen LogP contribution in [0.15, 0.2) is 41.2 Å². The molecule has 0 atom stereocenters. The van der Waals surface area contributed by atoms with Gasteiger partial charge in [0.05, 0.1) is 37.9 Å². The maximum absolute atomic E-state index is 13.0. The molecule has 4 rings (SSSR count). The average Bonchev–Trinajstić information content (AvgIpc) is 3.09. The van der Waals surface area contributed by atoms with Crippen molar-refractivity contribution in [2.75, 3.05) is 26.6 Å². The number of hydrogen-bond donors (Lipinski definition) is 2. The number of hydrogen-bond acceptors (Lipinski definition) is 7. The number of carbonyl (C=O) groups excluding carboxylic acids is 1. The van der Waals surface area contributed by atoms with Gasteiger partial charge < -0.3 is 24.5 Å². The van der Waals surface area contributed by atoms with Gasteiger partial charge in [-0.25, -0.2) is 0 Å². The average molecular weight is 444 g/mol. The highest BCUT2D eigenvalue weighted by molar-refractivity contribution is 7.73. The lowest BCUT2D eigenvalue weighted by atomic mass is 10.2. The molecule has 0 aliphatic rings. The van der Waals surface area contributed by atoms with E-state index in [-0.39, 0.29) is 10.4 Å². The molecule has 0 saturated heterocycles. The van der Waals surface area contributed by atoms with Gasteiger partial charge in [0.15, 0.2) is 15.5 Å². The third-order valence-corrected chi connectivity index (χ3v) is 5.96. The summed E-state index contributed by atoms with van der Waals surface area (Å²) in [6.45, 7) is 0. The molecule has 4 aromatic rings. The molecule has 154 valence electrons.